The highest BCUT2D eigenvalue weighted by atomic mass is 19.1. The van der Waals surface area contributed by atoms with Gasteiger partial charge in [0.1, 0.15) is 11.4 Å². The average Bonchev–Trinajstić information content (AvgIpc) is 3.19. The van der Waals surface area contributed by atoms with Gasteiger partial charge < -0.3 is 4.42 Å². The van der Waals surface area contributed by atoms with Gasteiger partial charge in [-0.3, -0.25) is 14.3 Å². The molecule has 3 aromatic heterocycles. The normalized spacial score (nSPS) is 11.3. The van der Waals surface area contributed by atoms with Crippen LogP contribution < -0.4 is 5.56 Å². The first-order chi connectivity index (χ1) is 13.7. The first-order valence-corrected chi connectivity index (χ1v) is 8.75. The lowest BCUT2D eigenvalue weighted by Crippen LogP contribution is -2.21. The highest BCUT2D eigenvalue weighted by molar-refractivity contribution is 5.83. The van der Waals surface area contributed by atoms with E-state index in [4.69, 9.17) is 4.42 Å². The van der Waals surface area contributed by atoms with E-state index in [0.29, 0.717) is 16.6 Å². The summed E-state index contributed by atoms with van der Waals surface area (Å²) >= 11 is 0. The van der Waals surface area contributed by atoms with Gasteiger partial charge in [0, 0.05) is 17.1 Å². The van der Waals surface area contributed by atoms with Crippen LogP contribution in [0.3, 0.4) is 0 Å². The smallest absolute Gasteiger partial charge is 0.269 e. The second-order valence-electron chi connectivity index (χ2n) is 6.53. The van der Waals surface area contributed by atoms with E-state index in [9.17, 15) is 9.18 Å². The summed E-state index contributed by atoms with van der Waals surface area (Å²) in [6.45, 7) is 0.108. The van der Waals surface area contributed by atoms with Gasteiger partial charge in [-0.15, -0.1) is 0 Å². The van der Waals surface area contributed by atoms with E-state index in [-0.39, 0.29) is 17.9 Å². The van der Waals surface area contributed by atoms with Crippen molar-refractivity contribution in [3.63, 3.8) is 0 Å². The molecule has 0 atom stereocenters. The molecule has 28 heavy (non-hydrogen) atoms. The maximum atomic E-state index is 14.8. The highest BCUT2D eigenvalue weighted by Gasteiger charge is 2.10. The van der Waals surface area contributed by atoms with E-state index in [1.165, 1.54) is 16.8 Å². The lowest BCUT2D eigenvalue weighted by molar-refractivity contribution is 0.599. The van der Waals surface area contributed by atoms with Crippen LogP contribution in [0.1, 0.15) is 5.56 Å². The zero-order valence-electron chi connectivity index (χ0n) is 14.7. The van der Waals surface area contributed by atoms with Crippen LogP contribution in [0.2, 0.25) is 0 Å². The number of rotatable bonds is 3. The van der Waals surface area contributed by atoms with Crippen molar-refractivity contribution < 1.29 is 8.81 Å². The summed E-state index contributed by atoms with van der Waals surface area (Å²) in [5.74, 6) is -0.370. The molecule has 0 spiro atoms. The minimum atomic E-state index is -0.370. The third kappa shape index (κ3) is 2.75. The second-order valence-corrected chi connectivity index (χ2v) is 6.53. The first kappa shape index (κ1) is 16.4. The molecule has 0 saturated carbocycles. The molecule has 0 aliphatic carbocycles. The molecule has 0 N–H and O–H groups in total. The van der Waals surface area contributed by atoms with Crippen molar-refractivity contribution in [3.8, 4) is 11.1 Å². The number of fused-ring (bicyclic) bond motifs is 2. The van der Waals surface area contributed by atoms with Gasteiger partial charge in [-0.1, -0.05) is 18.2 Å². The van der Waals surface area contributed by atoms with Gasteiger partial charge in [0.15, 0.2) is 0 Å². The zero-order chi connectivity index (χ0) is 19.1. The van der Waals surface area contributed by atoms with Gasteiger partial charge in [-0.2, -0.15) is 0 Å². The molecule has 0 saturated heterocycles. The Kier molecular flexibility index (Phi) is 3.76. The van der Waals surface area contributed by atoms with Crippen molar-refractivity contribution in [2.24, 2.45) is 0 Å². The predicted octanol–water partition coefficient (Wildman–Crippen LogP) is 4.39. The SMILES string of the molecule is O=c1cnc2ccncc2n1Cc1ccc(-c2ccc3occc3c2)cc1F. The molecule has 0 bridgehead atoms. The van der Waals surface area contributed by atoms with Crippen LogP contribution in [0.4, 0.5) is 4.39 Å². The Hall–Kier alpha value is -3.80. The first-order valence-electron chi connectivity index (χ1n) is 8.75. The third-order valence-corrected chi connectivity index (χ3v) is 4.82. The fraction of sp³-hybridized carbons (Fsp3) is 0.0455. The van der Waals surface area contributed by atoms with Crippen molar-refractivity contribution in [2.75, 3.05) is 0 Å². The average molecular weight is 371 g/mol. The van der Waals surface area contributed by atoms with Crippen LogP contribution in [0.5, 0.6) is 0 Å². The van der Waals surface area contributed by atoms with Gasteiger partial charge in [0.05, 0.1) is 36.2 Å². The fourth-order valence-electron chi connectivity index (χ4n) is 3.34. The Morgan fingerprint density at radius 3 is 2.75 bits per heavy atom. The van der Waals surface area contributed by atoms with Crippen LogP contribution in [0.25, 0.3) is 33.1 Å². The maximum Gasteiger partial charge on any atom is 0.269 e. The quantitative estimate of drug-likeness (QED) is 0.472. The van der Waals surface area contributed by atoms with Crippen LogP contribution in [0, 0.1) is 5.82 Å². The van der Waals surface area contributed by atoms with E-state index in [0.717, 1.165) is 22.1 Å². The Morgan fingerprint density at radius 2 is 1.86 bits per heavy atom. The number of furan rings is 1. The van der Waals surface area contributed by atoms with Crippen molar-refractivity contribution in [3.05, 3.63) is 95.1 Å². The second kappa shape index (κ2) is 6.42. The van der Waals surface area contributed by atoms with E-state index in [1.807, 2.05) is 30.3 Å². The third-order valence-electron chi connectivity index (χ3n) is 4.82. The molecule has 5 nitrogen and oxygen atoms in total. The van der Waals surface area contributed by atoms with Crippen molar-refractivity contribution in [2.45, 2.75) is 6.54 Å². The van der Waals surface area contributed by atoms with E-state index < -0.39 is 0 Å². The molecule has 0 aliphatic heterocycles. The number of hydrogen-bond donors (Lipinski definition) is 0. The molecule has 6 heteroatoms. The number of hydrogen-bond acceptors (Lipinski definition) is 4. The summed E-state index contributed by atoms with van der Waals surface area (Å²) in [5.41, 5.74) is 3.79. The fourth-order valence-corrected chi connectivity index (χ4v) is 3.34. The van der Waals surface area contributed by atoms with Gasteiger partial charge in [0.25, 0.3) is 5.56 Å². The van der Waals surface area contributed by atoms with Crippen molar-refractivity contribution in [1.29, 1.82) is 0 Å². The molecule has 5 rings (SSSR count). The van der Waals surface area contributed by atoms with E-state index in [2.05, 4.69) is 9.97 Å². The minimum absolute atomic E-state index is 0.108. The monoisotopic (exact) mass is 371 g/mol. The largest absolute Gasteiger partial charge is 0.464 e. The van der Waals surface area contributed by atoms with Crippen molar-refractivity contribution >= 4 is 22.0 Å². The molecule has 136 valence electrons. The van der Waals surface area contributed by atoms with Gasteiger partial charge in [-0.05, 0) is 41.5 Å². The maximum absolute atomic E-state index is 14.8. The highest BCUT2D eigenvalue weighted by Crippen LogP contribution is 2.27. The summed E-state index contributed by atoms with van der Waals surface area (Å²) in [6.07, 6.45) is 6.05. The standard InChI is InChI=1S/C22H14FN3O2/c23-18-10-15(14-3-4-21-16(9-14)6-8-28-21)1-2-17(18)13-26-20-11-24-7-5-19(20)25-12-22(26)27/h1-12H,13H2. The molecular formula is C22H14FN3O2. The Morgan fingerprint density at radius 1 is 1.00 bits per heavy atom. The molecule has 5 aromatic rings. The van der Waals surface area contributed by atoms with Crippen LogP contribution >= 0.6 is 0 Å². The minimum Gasteiger partial charge on any atom is -0.464 e. The molecule has 0 unspecified atom stereocenters. The molecule has 0 fully saturated rings. The summed E-state index contributed by atoms with van der Waals surface area (Å²) in [4.78, 5) is 20.4. The van der Waals surface area contributed by atoms with Crippen LogP contribution in [-0.2, 0) is 6.54 Å². The Labute approximate surface area is 158 Å². The zero-order valence-corrected chi connectivity index (χ0v) is 14.7. The Bertz CT molecular complexity index is 1390. The number of halogens is 1. The molecule has 2 aromatic carbocycles. The lowest BCUT2D eigenvalue weighted by atomic mass is 10.0. The molecule has 0 aliphatic rings. The summed E-state index contributed by atoms with van der Waals surface area (Å²) in [7, 11) is 0. The van der Waals surface area contributed by atoms with Crippen molar-refractivity contribution in [1.82, 2.24) is 14.5 Å². The summed E-state index contributed by atoms with van der Waals surface area (Å²) < 4.78 is 21.7. The summed E-state index contributed by atoms with van der Waals surface area (Å²) in [6, 6.07) is 14.4. The van der Waals surface area contributed by atoms with Crippen LogP contribution in [-0.4, -0.2) is 14.5 Å². The number of benzene rings is 2. The summed E-state index contributed by atoms with van der Waals surface area (Å²) in [5, 5.41) is 0.962. The van der Waals surface area contributed by atoms with Crippen LogP contribution in [0.15, 0.2) is 82.6 Å². The topological polar surface area (TPSA) is 60.9 Å². The van der Waals surface area contributed by atoms with E-state index >= 15 is 0 Å². The number of aromatic nitrogens is 3. The van der Waals surface area contributed by atoms with Gasteiger partial charge >= 0.3 is 0 Å². The van der Waals surface area contributed by atoms with Gasteiger partial charge in [-0.25, -0.2) is 9.37 Å². The van der Waals surface area contributed by atoms with E-state index in [1.54, 1.807) is 30.8 Å². The van der Waals surface area contributed by atoms with Gasteiger partial charge in [0.2, 0.25) is 0 Å². The number of pyridine rings is 1. The molecule has 0 radical (unpaired) electrons. The lowest BCUT2D eigenvalue weighted by Gasteiger charge is -2.11. The molecular weight excluding hydrogens is 357 g/mol. The Balaban J connectivity index is 1.54. The predicted molar refractivity (Wildman–Crippen MR) is 105 cm³/mol. The number of nitrogens with zero attached hydrogens (tertiary/aromatic N) is 3. The molecule has 3 heterocycles. The molecule has 0 amide bonds.